The predicted molar refractivity (Wildman–Crippen MR) is 11.6 cm³/mol. The lowest BCUT2D eigenvalue weighted by atomic mass is 10.9. The third-order valence-electron chi connectivity index (χ3n) is 0.154. The second-order valence-corrected chi connectivity index (χ2v) is 1.18. The van der Waals surface area contributed by atoms with E-state index in [2.05, 4.69) is 3.83 Å². The van der Waals surface area contributed by atoms with Crippen LogP contribution in [0.25, 0.3) is 0 Å². The fraction of sp³-hybridized carbons (Fsp3) is 1.00. The van der Waals surface area contributed by atoms with Gasteiger partial charge < -0.3 is 4.20 Å². The molecule has 0 spiro atoms. The minimum atomic E-state index is -0.615. The molecule has 0 aliphatic carbocycles. The third kappa shape index (κ3) is 4.40. The lowest BCUT2D eigenvalue weighted by Gasteiger charge is -1.72. The van der Waals surface area contributed by atoms with Crippen molar-refractivity contribution in [2.24, 2.45) is 0 Å². The molecule has 0 rings (SSSR count). The van der Waals surface area contributed by atoms with Crippen LogP contribution in [-0.2, 0) is 3.83 Å². The fourth-order valence-electron chi connectivity index (χ4n) is 0.0445. The van der Waals surface area contributed by atoms with E-state index < -0.39 is 15.5 Å². The van der Waals surface area contributed by atoms with Gasteiger partial charge in [-0.15, -0.1) is 3.83 Å². The van der Waals surface area contributed by atoms with Crippen LogP contribution in [0.2, 0.25) is 0 Å². The van der Waals surface area contributed by atoms with Crippen LogP contribution >= 0.6 is 0 Å². The quantitative estimate of drug-likeness (QED) is 0.509. The molecule has 0 atom stereocenters. The highest BCUT2D eigenvalue weighted by atomic mass is 79.9. The SMILES string of the molecule is CCO[Br+][O-]. The lowest BCUT2D eigenvalue weighted by Crippen LogP contribution is -2.02. The maximum absolute atomic E-state index is 9.34. The Morgan fingerprint density at radius 2 is 2.60 bits per heavy atom. The van der Waals surface area contributed by atoms with Gasteiger partial charge in [0.25, 0.3) is 0 Å². The van der Waals surface area contributed by atoms with Gasteiger partial charge in [0.05, 0.1) is 0 Å². The molecule has 0 aliphatic rings. The number of hydrogen-bond donors (Lipinski definition) is 0. The molecule has 0 amide bonds. The second-order valence-electron chi connectivity index (χ2n) is 0.461. The minimum absolute atomic E-state index is 0.545. The molecule has 0 saturated heterocycles. The van der Waals surface area contributed by atoms with Crippen molar-refractivity contribution in [1.82, 2.24) is 0 Å². The number of hydrogen-bond acceptors (Lipinski definition) is 2. The molecule has 0 unspecified atom stereocenters. The molecule has 0 aliphatic heterocycles. The first-order valence-corrected chi connectivity index (χ1v) is 2.60. The summed E-state index contributed by atoms with van der Waals surface area (Å²) in [5.74, 6) is 0. The summed E-state index contributed by atoms with van der Waals surface area (Å²) in [4.78, 5) is 0. The van der Waals surface area contributed by atoms with Crippen molar-refractivity contribution in [3.8, 4) is 0 Å². The molecule has 0 aromatic rings. The Balaban J connectivity index is 2.19. The molecule has 0 fully saturated rings. The third-order valence-corrected chi connectivity index (χ3v) is 0.798. The number of halogens is 1. The Labute approximate surface area is 37.9 Å². The first kappa shape index (κ1) is 5.40. The van der Waals surface area contributed by atoms with E-state index in [4.69, 9.17) is 0 Å². The minimum Gasteiger partial charge on any atom is -0.550 e. The highest BCUT2D eigenvalue weighted by Gasteiger charge is 1.80. The average molecular weight is 141 g/mol. The zero-order valence-electron chi connectivity index (χ0n) is 2.90. The van der Waals surface area contributed by atoms with E-state index in [0.29, 0.717) is 6.61 Å². The molecule has 3 heteroatoms. The highest BCUT2D eigenvalue weighted by molar-refractivity contribution is 3.88. The molecule has 0 heterocycles. The van der Waals surface area contributed by atoms with Gasteiger partial charge in [-0.2, -0.15) is 0 Å². The Morgan fingerprint density at radius 3 is 2.60 bits per heavy atom. The first-order valence-electron chi connectivity index (χ1n) is 1.30. The zero-order valence-corrected chi connectivity index (χ0v) is 4.49. The van der Waals surface area contributed by atoms with E-state index in [1.165, 1.54) is 0 Å². The van der Waals surface area contributed by atoms with Crippen molar-refractivity contribution in [2.45, 2.75) is 6.92 Å². The Kier molecular flexibility index (Phi) is 4.75. The molecule has 5 heavy (non-hydrogen) atoms. The maximum Gasteiger partial charge on any atom is 0.420 e. The largest absolute Gasteiger partial charge is 0.550 e. The number of rotatable bonds is 2. The predicted octanol–water partition coefficient (Wildman–Crippen LogP) is -0.702. The van der Waals surface area contributed by atoms with Gasteiger partial charge in [-0.05, 0) is 6.92 Å². The van der Waals surface area contributed by atoms with E-state index in [-0.39, 0.29) is 0 Å². The summed E-state index contributed by atoms with van der Waals surface area (Å²) in [7, 11) is 0. The Morgan fingerprint density at radius 1 is 2.00 bits per heavy atom. The van der Waals surface area contributed by atoms with Gasteiger partial charge >= 0.3 is 15.5 Å². The summed E-state index contributed by atoms with van der Waals surface area (Å²) in [5, 5.41) is 0. The average Bonchev–Trinajstić information content (AvgIpc) is 1.41. The van der Waals surface area contributed by atoms with Crippen molar-refractivity contribution in [1.29, 1.82) is 0 Å². The van der Waals surface area contributed by atoms with Gasteiger partial charge in [0, 0.05) is 0 Å². The van der Waals surface area contributed by atoms with Crippen LogP contribution in [0.1, 0.15) is 6.92 Å². The van der Waals surface area contributed by atoms with Crippen LogP contribution in [0.15, 0.2) is 0 Å². The van der Waals surface area contributed by atoms with Gasteiger partial charge in [-0.1, -0.05) is 0 Å². The van der Waals surface area contributed by atoms with E-state index in [1.807, 2.05) is 0 Å². The van der Waals surface area contributed by atoms with E-state index in [9.17, 15) is 4.20 Å². The molecule has 0 saturated carbocycles. The molecule has 0 aromatic carbocycles. The van der Waals surface area contributed by atoms with Crippen LogP contribution in [0.3, 0.4) is 0 Å². The van der Waals surface area contributed by atoms with Gasteiger partial charge in [0.1, 0.15) is 6.61 Å². The van der Waals surface area contributed by atoms with Crippen molar-refractivity contribution >= 4 is 0 Å². The normalized spacial score (nSPS) is 8.40. The first-order chi connectivity index (χ1) is 2.41. The molecule has 2 nitrogen and oxygen atoms in total. The molecular weight excluding hydrogens is 136 g/mol. The van der Waals surface area contributed by atoms with Crippen LogP contribution in [0.4, 0.5) is 0 Å². The van der Waals surface area contributed by atoms with Gasteiger partial charge in [0.15, 0.2) is 0 Å². The van der Waals surface area contributed by atoms with Crippen LogP contribution in [-0.4, -0.2) is 6.61 Å². The second kappa shape index (κ2) is 4.40. The Hall–Kier alpha value is 0.400. The zero-order chi connectivity index (χ0) is 4.12. The Bertz CT molecular complexity index is 15.1. The summed E-state index contributed by atoms with van der Waals surface area (Å²) in [6.07, 6.45) is 0. The van der Waals surface area contributed by atoms with Crippen molar-refractivity contribution < 1.29 is 23.6 Å². The molecule has 0 bridgehead atoms. The van der Waals surface area contributed by atoms with Crippen molar-refractivity contribution in [2.75, 3.05) is 6.61 Å². The van der Waals surface area contributed by atoms with Gasteiger partial charge in [0.2, 0.25) is 0 Å². The fourth-order valence-corrected chi connectivity index (χ4v) is 0.231. The van der Waals surface area contributed by atoms with Crippen LogP contribution in [0.5, 0.6) is 0 Å². The molecule has 0 N–H and O–H groups in total. The summed E-state index contributed by atoms with van der Waals surface area (Å²) in [6.45, 7) is 2.34. The lowest BCUT2D eigenvalue weighted by molar-refractivity contribution is -1.27. The smallest absolute Gasteiger partial charge is 0.420 e. The van der Waals surface area contributed by atoms with Crippen LogP contribution < -0.4 is 4.20 Å². The van der Waals surface area contributed by atoms with Crippen LogP contribution in [0, 0.1) is 15.5 Å². The molecular formula is C2H5BrO2. The summed E-state index contributed by atoms with van der Waals surface area (Å²) in [5.41, 5.74) is 0. The van der Waals surface area contributed by atoms with Gasteiger partial charge in [-0.3, -0.25) is 0 Å². The van der Waals surface area contributed by atoms with Gasteiger partial charge in [-0.25, -0.2) is 0 Å². The molecule has 32 valence electrons. The van der Waals surface area contributed by atoms with E-state index >= 15 is 0 Å². The summed E-state index contributed by atoms with van der Waals surface area (Å²) >= 11 is -0.615. The van der Waals surface area contributed by atoms with Crippen molar-refractivity contribution in [3.63, 3.8) is 0 Å². The standard InChI is InChI=1S/C2H5BrO2/c1-2-5-3-4/h2H2,1H3. The van der Waals surface area contributed by atoms with E-state index in [1.54, 1.807) is 6.92 Å². The topological polar surface area (TPSA) is 32.3 Å². The highest BCUT2D eigenvalue weighted by Crippen LogP contribution is 1.61. The van der Waals surface area contributed by atoms with Crippen molar-refractivity contribution in [3.05, 3.63) is 0 Å². The molecule has 0 aromatic heterocycles. The summed E-state index contributed by atoms with van der Waals surface area (Å²) in [6, 6.07) is 0. The molecule has 0 radical (unpaired) electrons. The van der Waals surface area contributed by atoms with E-state index in [0.717, 1.165) is 0 Å². The summed E-state index contributed by atoms with van der Waals surface area (Å²) < 4.78 is 13.6. The maximum atomic E-state index is 9.34. The monoisotopic (exact) mass is 140 g/mol.